The molecule has 1 atom stereocenters. The minimum Gasteiger partial charge on any atom is -0.490 e. The number of nitrogens with zero attached hydrogens (tertiary/aromatic N) is 1. The van der Waals surface area contributed by atoms with E-state index in [-0.39, 0.29) is 6.61 Å². The molecule has 17 heavy (non-hydrogen) atoms. The number of hydrogen-bond donors (Lipinski definition) is 1. The second-order valence-corrected chi connectivity index (χ2v) is 4.98. The van der Waals surface area contributed by atoms with Crippen molar-refractivity contribution in [3.8, 4) is 11.8 Å². The van der Waals surface area contributed by atoms with E-state index in [2.05, 4.69) is 12.1 Å². The Morgan fingerprint density at radius 2 is 2.18 bits per heavy atom. The fraction of sp³-hybridized carbons (Fsp3) is 0.500. The van der Waals surface area contributed by atoms with Gasteiger partial charge in [-0.2, -0.15) is 5.26 Å². The van der Waals surface area contributed by atoms with Crippen molar-refractivity contribution in [1.29, 1.82) is 5.26 Å². The second kappa shape index (κ2) is 4.38. The van der Waals surface area contributed by atoms with Crippen molar-refractivity contribution in [2.75, 3.05) is 6.61 Å². The zero-order chi connectivity index (χ0) is 12.5. The highest BCUT2D eigenvalue weighted by Gasteiger charge is 2.43. The van der Waals surface area contributed by atoms with Gasteiger partial charge in [0.25, 0.3) is 0 Å². The van der Waals surface area contributed by atoms with Gasteiger partial charge in [-0.3, -0.25) is 0 Å². The molecule has 0 radical (unpaired) electrons. The molecule has 0 bridgehead atoms. The van der Waals surface area contributed by atoms with Crippen LogP contribution in [0.5, 0.6) is 5.75 Å². The molecule has 1 aromatic rings. The van der Waals surface area contributed by atoms with Crippen LogP contribution in [0.25, 0.3) is 0 Å². The summed E-state index contributed by atoms with van der Waals surface area (Å²) in [5, 5.41) is 9.13. The van der Waals surface area contributed by atoms with Crippen LogP contribution in [0.3, 0.4) is 0 Å². The van der Waals surface area contributed by atoms with Crippen LogP contribution in [0.15, 0.2) is 18.2 Å². The maximum Gasteiger partial charge on any atom is 0.141 e. The molecule has 1 unspecified atom stereocenters. The van der Waals surface area contributed by atoms with E-state index >= 15 is 0 Å². The Kier molecular flexibility index (Phi) is 3.08. The number of hydrogen-bond acceptors (Lipinski definition) is 3. The Labute approximate surface area is 102 Å². The van der Waals surface area contributed by atoms with E-state index in [1.807, 2.05) is 26.0 Å². The summed E-state index contributed by atoms with van der Waals surface area (Å²) in [6.07, 6.45) is 2.08. The zero-order valence-electron chi connectivity index (χ0n) is 10.4. The Bertz CT molecular complexity index is 460. The molecule has 1 aliphatic rings. The Morgan fingerprint density at radius 1 is 1.47 bits per heavy atom. The number of aryl methyl sites for hydroxylation is 2. The quantitative estimate of drug-likeness (QED) is 0.863. The first kappa shape index (κ1) is 11.9. The van der Waals surface area contributed by atoms with E-state index in [1.54, 1.807) is 0 Å². The van der Waals surface area contributed by atoms with E-state index in [4.69, 9.17) is 15.7 Å². The summed E-state index contributed by atoms with van der Waals surface area (Å²) < 4.78 is 5.70. The number of ether oxygens (including phenoxy) is 1. The van der Waals surface area contributed by atoms with Crippen molar-refractivity contribution < 1.29 is 4.74 Å². The summed E-state index contributed by atoms with van der Waals surface area (Å²) in [6, 6.07) is 8.20. The van der Waals surface area contributed by atoms with Crippen molar-refractivity contribution in [3.05, 3.63) is 29.3 Å². The summed E-state index contributed by atoms with van der Waals surface area (Å²) in [5.74, 6) is 1.12. The highest BCUT2D eigenvalue weighted by Crippen LogP contribution is 2.38. The van der Waals surface area contributed by atoms with Gasteiger partial charge in [0.1, 0.15) is 17.9 Å². The summed E-state index contributed by atoms with van der Waals surface area (Å²) in [5.41, 5.74) is 7.51. The first-order valence-corrected chi connectivity index (χ1v) is 5.95. The maximum absolute atomic E-state index is 9.13. The highest BCUT2D eigenvalue weighted by molar-refractivity contribution is 5.36. The lowest BCUT2D eigenvalue weighted by molar-refractivity contribution is 0.235. The van der Waals surface area contributed by atoms with Gasteiger partial charge in [-0.15, -0.1) is 0 Å². The highest BCUT2D eigenvalue weighted by atomic mass is 16.5. The van der Waals surface area contributed by atoms with Gasteiger partial charge >= 0.3 is 0 Å². The largest absolute Gasteiger partial charge is 0.490 e. The van der Waals surface area contributed by atoms with Crippen LogP contribution in [-0.2, 0) is 0 Å². The van der Waals surface area contributed by atoms with Crippen LogP contribution in [0, 0.1) is 31.1 Å². The average molecular weight is 230 g/mol. The third-order valence-electron chi connectivity index (χ3n) is 3.31. The molecule has 2 rings (SSSR count). The van der Waals surface area contributed by atoms with E-state index in [1.165, 1.54) is 5.56 Å². The molecule has 0 amide bonds. The molecule has 2 N–H and O–H groups in total. The topological polar surface area (TPSA) is 59.0 Å². The summed E-state index contributed by atoms with van der Waals surface area (Å²) >= 11 is 0. The van der Waals surface area contributed by atoms with Crippen LogP contribution in [0.1, 0.15) is 24.0 Å². The normalized spacial score (nSPS) is 18.2. The third kappa shape index (κ3) is 2.59. The van der Waals surface area contributed by atoms with Gasteiger partial charge < -0.3 is 10.5 Å². The van der Waals surface area contributed by atoms with Gasteiger partial charge in [0.05, 0.1) is 6.07 Å². The van der Waals surface area contributed by atoms with E-state index in [0.29, 0.717) is 5.92 Å². The Morgan fingerprint density at radius 3 is 2.71 bits per heavy atom. The van der Waals surface area contributed by atoms with Crippen LogP contribution in [0.4, 0.5) is 0 Å². The molecule has 1 aliphatic carbocycles. The van der Waals surface area contributed by atoms with Crippen molar-refractivity contribution in [3.63, 3.8) is 0 Å². The molecule has 0 heterocycles. The molecular formula is C14H18N2O. The molecule has 3 heteroatoms. The zero-order valence-corrected chi connectivity index (χ0v) is 10.4. The minimum atomic E-state index is -0.822. The van der Waals surface area contributed by atoms with E-state index < -0.39 is 5.54 Å². The van der Waals surface area contributed by atoms with Gasteiger partial charge in [0.2, 0.25) is 0 Å². The van der Waals surface area contributed by atoms with Crippen LogP contribution in [-0.4, -0.2) is 12.1 Å². The molecule has 0 spiro atoms. The van der Waals surface area contributed by atoms with Gasteiger partial charge in [-0.05, 0) is 44.2 Å². The van der Waals surface area contributed by atoms with Crippen LogP contribution >= 0.6 is 0 Å². The number of nitriles is 1. The lowest BCUT2D eigenvalue weighted by Crippen LogP contribution is -2.46. The standard InChI is InChI=1S/C14H18N2O/c1-10-3-6-13(11(2)7-10)17-9-14(16,8-15)12-4-5-12/h3,6-7,12H,4-5,9,16H2,1-2H3. The SMILES string of the molecule is Cc1ccc(OCC(N)(C#N)C2CC2)c(C)c1. The summed E-state index contributed by atoms with van der Waals surface area (Å²) in [4.78, 5) is 0. The number of nitrogens with two attached hydrogens (primary N) is 1. The van der Waals surface area contributed by atoms with Crippen LogP contribution < -0.4 is 10.5 Å². The molecule has 90 valence electrons. The molecular weight excluding hydrogens is 212 g/mol. The van der Waals surface area contributed by atoms with Crippen molar-refractivity contribution in [2.24, 2.45) is 11.7 Å². The van der Waals surface area contributed by atoms with Crippen molar-refractivity contribution in [1.82, 2.24) is 0 Å². The third-order valence-corrected chi connectivity index (χ3v) is 3.31. The predicted octanol–water partition coefficient (Wildman–Crippen LogP) is 2.31. The summed E-state index contributed by atoms with van der Waals surface area (Å²) in [7, 11) is 0. The van der Waals surface area contributed by atoms with Gasteiger partial charge in [-0.25, -0.2) is 0 Å². The molecule has 0 aromatic heterocycles. The molecule has 3 nitrogen and oxygen atoms in total. The molecule has 0 aliphatic heterocycles. The van der Waals surface area contributed by atoms with E-state index in [0.717, 1.165) is 24.2 Å². The second-order valence-electron chi connectivity index (χ2n) is 4.98. The van der Waals surface area contributed by atoms with Gasteiger partial charge in [-0.1, -0.05) is 17.7 Å². The minimum absolute atomic E-state index is 0.276. The van der Waals surface area contributed by atoms with Gasteiger partial charge in [0, 0.05) is 0 Å². The molecule has 1 fully saturated rings. The Hall–Kier alpha value is -1.53. The lowest BCUT2D eigenvalue weighted by Gasteiger charge is -2.22. The first-order chi connectivity index (χ1) is 8.05. The molecule has 1 aromatic carbocycles. The molecule has 0 saturated heterocycles. The van der Waals surface area contributed by atoms with E-state index in [9.17, 15) is 0 Å². The monoisotopic (exact) mass is 230 g/mol. The van der Waals surface area contributed by atoms with Crippen LogP contribution in [0.2, 0.25) is 0 Å². The number of benzene rings is 1. The smallest absolute Gasteiger partial charge is 0.141 e. The number of rotatable bonds is 4. The van der Waals surface area contributed by atoms with Crippen molar-refractivity contribution >= 4 is 0 Å². The first-order valence-electron chi connectivity index (χ1n) is 5.95. The van der Waals surface area contributed by atoms with Gasteiger partial charge in [0.15, 0.2) is 0 Å². The fourth-order valence-corrected chi connectivity index (χ4v) is 2.00. The predicted molar refractivity (Wildman–Crippen MR) is 66.7 cm³/mol. The summed E-state index contributed by atoms with van der Waals surface area (Å²) in [6.45, 7) is 4.32. The maximum atomic E-state index is 9.13. The fourth-order valence-electron chi connectivity index (χ4n) is 2.00. The van der Waals surface area contributed by atoms with Crippen molar-refractivity contribution in [2.45, 2.75) is 32.2 Å². The lowest BCUT2D eigenvalue weighted by atomic mass is 9.98. The average Bonchev–Trinajstić information content (AvgIpc) is 3.11. The Balaban J connectivity index is 2.04. The molecule has 1 saturated carbocycles.